The summed E-state index contributed by atoms with van der Waals surface area (Å²) in [5, 5.41) is 1.90. The molecule has 24 heavy (non-hydrogen) atoms. The third-order valence-electron chi connectivity index (χ3n) is 3.62. The van der Waals surface area contributed by atoms with Crippen molar-refractivity contribution in [3.8, 4) is 0 Å². The summed E-state index contributed by atoms with van der Waals surface area (Å²) in [4.78, 5) is 14.1. The predicted molar refractivity (Wildman–Crippen MR) is 103 cm³/mol. The topological polar surface area (TPSA) is 82.8 Å². The van der Waals surface area contributed by atoms with Crippen LogP contribution in [-0.2, 0) is 6.54 Å². The Hall–Kier alpha value is -1.81. The maximum atomic E-state index is 5.95. The summed E-state index contributed by atoms with van der Waals surface area (Å²) in [5.41, 5.74) is 8.21. The highest BCUT2D eigenvalue weighted by atomic mass is 127. The number of anilines is 1. The smallest absolute Gasteiger partial charge is 0.175 e. The molecule has 0 aliphatic rings. The molecule has 6 nitrogen and oxygen atoms in total. The minimum Gasteiger partial charge on any atom is -0.464 e. The first-order valence-electron chi connectivity index (χ1n) is 7.28. The maximum absolute atomic E-state index is 5.95. The number of benzene rings is 1. The number of nitrogen functional groups attached to an aromatic ring is 1. The monoisotopic (exact) mass is 450 g/mol. The molecule has 0 unspecified atom stereocenters. The third-order valence-corrected chi connectivity index (χ3v) is 5.93. The first-order valence-corrected chi connectivity index (χ1v) is 9.17. The average molecular weight is 450 g/mol. The van der Waals surface area contributed by atoms with Crippen molar-refractivity contribution in [1.82, 2.24) is 19.5 Å². The number of hydrogen-bond acceptors (Lipinski definition) is 6. The van der Waals surface area contributed by atoms with Crippen molar-refractivity contribution < 1.29 is 4.42 Å². The number of rotatable bonds is 4. The normalized spacial score (nSPS) is 11.6. The third kappa shape index (κ3) is 2.63. The van der Waals surface area contributed by atoms with Gasteiger partial charge in [-0.3, -0.25) is 0 Å². The fourth-order valence-electron chi connectivity index (χ4n) is 2.51. The first-order chi connectivity index (χ1) is 11.7. The molecule has 1 radical (unpaired) electrons. The van der Waals surface area contributed by atoms with Crippen LogP contribution in [0.5, 0.6) is 0 Å². The van der Waals surface area contributed by atoms with Gasteiger partial charge in [-0.05, 0) is 47.2 Å². The molecule has 0 bridgehead atoms. The van der Waals surface area contributed by atoms with Crippen LogP contribution in [0.2, 0.25) is 0 Å². The van der Waals surface area contributed by atoms with Gasteiger partial charge in [0.1, 0.15) is 11.9 Å². The number of aromatic nitrogens is 4. The van der Waals surface area contributed by atoms with Gasteiger partial charge >= 0.3 is 0 Å². The van der Waals surface area contributed by atoms with Gasteiger partial charge in [0.15, 0.2) is 22.1 Å². The molecule has 0 amide bonds. The van der Waals surface area contributed by atoms with Gasteiger partial charge in [0.05, 0.1) is 6.26 Å². The van der Waals surface area contributed by atoms with Gasteiger partial charge in [-0.2, -0.15) is 0 Å². The van der Waals surface area contributed by atoms with Gasteiger partial charge in [0.2, 0.25) is 0 Å². The Morgan fingerprint density at radius 1 is 1.33 bits per heavy atom. The van der Waals surface area contributed by atoms with Crippen molar-refractivity contribution in [1.29, 1.82) is 0 Å². The van der Waals surface area contributed by atoms with Crippen LogP contribution < -0.4 is 5.73 Å². The summed E-state index contributed by atoms with van der Waals surface area (Å²) < 4.78 is 8.60. The van der Waals surface area contributed by atoms with Gasteiger partial charge in [0.25, 0.3) is 0 Å². The molecule has 0 spiro atoms. The SMILES string of the molecule is [CH2]CCn1c(Sc2cc3ccoc3cc2I)nc2c(N)ncnc21. The highest BCUT2D eigenvalue weighted by molar-refractivity contribution is 14.1. The molecule has 3 aromatic heterocycles. The Balaban J connectivity index is 1.84. The van der Waals surface area contributed by atoms with Crippen LogP contribution >= 0.6 is 34.4 Å². The lowest BCUT2D eigenvalue weighted by molar-refractivity contribution is 0.615. The standard InChI is InChI=1S/C16H13IN5OS/c1-2-4-22-15-13(14(18)19-8-20-15)21-16(22)24-12-6-9-3-5-23-11(9)7-10(12)17/h3,5-8H,1-2,4H2,(H2,18,19,20). The summed E-state index contributed by atoms with van der Waals surface area (Å²) in [6.07, 6.45) is 3.90. The summed E-state index contributed by atoms with van der Waals surface area (Å²) in [6, 6.07) is 6.09. The molecule has 0 fully saturated rings. The van der Waals surface area contributed by atoms with Crippen molar-refractivity contribution in [3.63, 3.8) is 0 Å². The number of halogens is 1. The summed E-state index contributed by atoms with van der Waals surface area (Å²) >= 11 is 3.89. The molecule has 1 aromatic carbocycles. The van der Waals surface area contributed by atoms with Crippen LogP contribution in [-0.4, -0.2) is 19.5 Å². The molecule has 0 saturated heterocycles. The van der Waals surface area contributed by atoms with E-state index in [-0.39, 0.29) is 0 Å². The van der Waals surface area contributed by atoms with Crippen molar-refractivity contribution in [2.24, 2.45) is 0 Å². The highest BCUT2D eigenvalue weighted by Gasteiger charge is 2.17. The van der Waals surface area contributed by atoms with Gasteiger partial charge in [-0.1, -0.05) is 18.7 Å². The van der Waals surface area contributed by atoms with Crippen molar-refractivity contribution in [3.05, 3.63) is 41.3 Å². The molecular formula is C16H13IN5OS. The Kier molecular flexibility index (Phi) is 4.09. The van der Waals surface area contributed by atoms with Crippen LogP contribution in [0.3, 0.4) is 0 Å². The second kappa shape index (κ2) is 6.25. The molecule has 0 atom stereocenters. The van der Waals surface area contributed by atoms with Crippen molar-refractivity contribution in [2.45, 2.75) is 23.0 Å². The van der Waals surface area contributed by atoms with Crippen LogP contribution in [0, 0.1) is 10.5 Å². The van der Waals surface area contributed by atoms with Crippen LogP contribution in [0.4, 0.5) is 5.82 Å². The van der Waals surface area contributed by atoms with E-state index in [2.05, 4.69) is 50.5 Å². The van der Waals surface area contributed by atoms with Gasteiger partial charge in [-0.15, -0.1) is 0 Å². The quantitative estimate of drug-likeness (QED) is 0.471. The Morgan fingerprint density at radius 3 is 3.04 bits per heavy atom. The number of nitrogens with zero attached hydrogens (tertiary/aromatic N) is 4. The second-order valence-corrected chi connectivity index (χ2v) is 7.35. The van der Waals surface area contributed by atoms with E-state index in [1.807, 2.05) is 16.7 Å². The van der Waals surface area contributed by atoms with E-state index in [1.165, 1.54) is 6.33 Å². The van der Waals surface area contributed by atoms with E-state index >= 15 is 0 Å². The molecule has 3 heterocycles. The van der Waals surface area contributed by atoms with Crippen molar-refractivity contribution in [2.75, 3.05) is 5.73 Å². The molecule has 121 valence electrons. The number of hydrogen-bond donors (Lipinski definition) is 1. The van der Waals surface area contributed by atoms with Crippen LogP contribution in [0.15, 0.2) is 45.3 Å². The van der Waals surface area contributed by atoms with E-state index in [0.717, 1.165) is 43.2 Å². The van der Waals surface area contributed by atoms with E-state index in [9.17, 15) is 0 Å². The number of imidazole rings is 1. The Bertz CT molecular complexity index is 1040. The molecule has 4 aromatic rings. The second-order valence-electron chi connectivity index (χ2n) is 5.17. The zero-order chi connectivity index (χ0) is 16.7. The van der Waals surface area contributed by atoms with E-state index in [1.54, 1.807) is 18.0 Å². The molecule has 2 N–H and O–H groups in total. The lowest BCUT2D eigenvalue weighted by atomic mass is 10.3. The van der Waals surface area contributed by atoms with E-state index < -0.39 is 0 Å². The molecule has 0 saturated carbocycles. The van der Waals surface area contributed by atoms with Gasteiger partial charge < -0.3 is 14.7 Å². The summed E-state index contributed by atoms with van der Waals surface area (Å²) in [5.74, 6) is 0.393. The summed E-state index contributed by atoms with van der Waals surface area (Å²) in [7, 11) is 0. The van der Waals surface area contributed by atoms with Crippen molar-refractivity contribution >= 4 is 62.3 Å². The zero-order valence-electron chi connectivity index (χ0n) is 12.6. The number of aryl methyl sites for hydroxylation is 1. The molecule has 8 heteroatoms. The lowest BCUT2D eigenvalue weighted by Gasteiger charge is -2.08. The number of nitrogens with two attached hydrogens (primary N) is 1. The zero-order valence-corrected chi connectivity index (χ0v) is 15.5. The van der Waals surface area contributed by atoms with Crippen LogP contribution in [0.1, 0.15) is 6.42 Å². The minimum atomic E-state index is 0.393. The predicted octanol–water partition coefficient (Wildman–Crippen LogP) is 4.13. The molecule has 4 rings (SSSR count). The van der Waals surface area contributed by atoms with E-state index in [0.29, 0.717) is 11.3 Å². The van der Waals surface area contributed by atoms with Gasteiger partial charge in [-0.25, -0.2) is 15.0 Å². The summed E-state index contributed by atoms with van der Waals surface area (Å²) in [6.45, 7) is 4.67. The van der Waals surface area contributed by atoms with Gasteiger partial charge in [0, 0.05) is 20.4 Å². The molecule has 0 aliphatic heterocycles. The minimum absolute atomic E-state index is 0.393. The lowest BCUT2D eigenvalue weighted by Crippen LogP contribution is -2.01. The number of furan rings is 1. The maximum Gasteiger partial charge on any atom is 0.175 e. The fourth-order valence-corrected chi connectivity index (χ4v) is 4.24. The number of fused-ring (bicyclic) bond motifs is 2. The molecular weight excluding hydrogens is 437 g/mol. The largest absolute Gasteiger partial charge is 0.464 e. The molecule has 0 aliphatic carbocycles. The average Bonchev–Trinajstić information content (AvgIpc) is 3.14. The van der Waals surface area contributed by atoms with E-state index in [4.69, 9.17) is 10.2 Å². The Morgan fingerprint density at radius 2 is 2.21 bits per heavy atom. The highest BCUT2D eigenvalue weighted by Crippen LogP contribution is 2.36. The van der Waals surface area contributed by atoms with Crippen LogP contribution in [0.25, 0.3) is 22.1 Å². The fraction of sp³-hybridized carbons (Fsp3) is 0.125. The Labute approximate surface area is 156 Å². The first kappa shape index (κ1) is 15.7.